The maximum atomic E-state index is 11.7. The third-order valence-corrected chi connectivity index (χ3v) is 3.06. The standard InChI is InChI=1S/C11H12ClNO3S/c1-2-17-9-5-7(12)3-4-8(9)11(16)13-6-10(14)15/h3-5H,2,6H2,1H3,(H,13,16)(H,14,15). The topological polar surface area (TPSA) is 66.4 Å². The van der Waals surface area contributed by atoms with Gasteiger partial charge in [0.15, 0.2) is 0 Å². The number of aliphatic carboxylic acids is 1. The van der Waals surface area contributed by atoms with Gasteiger partial charge < -0.3 is 10.4 Å². The number of carbonyl (C=O) groups is 2. The average Bonchev–Trinajstić information content (AvgIpc) is 2.26. The van der Waals surface area contributed by atoms with Gasteiger partial charge in [0.1, 0.15) is 6.54 Å². The van der Waals surface area contributed by atoms with Gasteiger partial charge in [0.05, 0.1) is 5.56 Å². The Balaban J connectivity index is 2.87. The monoisotopic (exact) mass is 273 g/mol. The maximum Gasteiger partial charge on any atom is 0.322 e. The first-order valence-corrected chi connectivity index (χ1v) is 6.33. The lowest BCUT2D eigenvalue weighted by molar-refractivity contribution is -0.135. The summed E-state index contributed by atoms with van der Waals surface area (Å²) in [6, 6.07) is 4.90. The molecule has 0 bridgehead atoms. The second-order valence-electron chi connectivity index (χ2n) is 3.15. The number of carboxylic acids is 1. The zero-order valence-electron chi connectivity index (χ0n) is 9.20. The van der Waals surface area contributed by atoms with E-state index in [2.05, 4.69) is 5.32 Å². The fraction of sp³-hybridized carbons (Fsp3) is 0.273. The predicted molar refractivity (Wildman–Crippen MR) is 67.8 cm³/mol. The molecule has 17 heavy (non-hydrogen) atoms. The third kappa shape index (κ3) is 4.28. The fourth-order valence-electron chi connectivity index (χ4n) is 1.21. The Labute approximate surface area is 108 Å². The lowest BCUT2D eigenvalue weighted by Crippen LogP contribution is -2.29. The first kappa shape index (κ1) is 13.9. The Morgan fingerprint density at radius 3 is 2.76 bits per heavy atom. The highest BCUT2D eigenvalue weighted by Gasteiger charge is 2.12. The van der Waals surface area contributed by atoms with Crippen LogP contribution in [-0.4, -0.2) is 29.3 Å². The van der Waals surface area contributed by atoms with Gasteiger partial charge in [-0.05, 0) is 24.0 Å². The van der Waals surface area contributed by atoms with E-state index >= 15 is 0 Å². The van der Waals surface area contributed by atoms with Crippen molar-refractivity contribution in [1.82, 2.24) is 5.32 Å². The van der Waals surface area contributed by atoms with Gasteiger partial charge in [0.25, 0.3) is 5.91 Å². The average molecular weight is 274 g/mol. The van der Waals surface area contributed by atoms with Crippen molar-refractivity contribution < 1.29 is 14.7 Å². The molecule has 0 aliphatic rings. The maximum absolute atomic E-state index is 11.7. The number of benzene rings is 1. The van der Waals surface area contributed by atoms with E-state index in [1.165, 1.54) is 11.8 Å². The lowest BCUT2D eigenvalue weighted by atomic mass is 10.2. The van der Waals surface area contributed by atoms with Gasteiger partial charge in [-0.3, -0.25) is 9.59 Å². The van der Waals surface area contributed by atoms with E-state index in [-0.39, 0.29) is 0 Å². The van der Waals surface area contributed by atoms with Crippen LogP contribution in [0.1, 0.15) is 17.3 Å². The summed E-state index contributed by atoms with van der Waals surface area (Å²) in [5.74, 6) is -0.670. The van der Waals surface area contributed by atoms with Crippen LogP contribution in [0.2, 0.25) is 5.02 Å². The number of thioether (sulfide) groups is 1. The highest BCUT2D eigenvalue weighted by Crippen LogP contribution is 2.26. The minimum Gasteiger partial charge on any atom is -0.480 e. The summed E-state index contributed by atoms with van der Waals surface area (Å²) >= 11 is 7.33. The highest BCUT2D eigenvalue weighted by atomic mass is 35.5. The highest BCUT2D eigenvalue weighted by molar-refractivity contribution is 7.99. The molecule has 1 rings (SSSR count). The van der Waals surface area contributed by atoms with Crippen LogP contribution in [0, 0.1) is 0 Å². The number of carbonyl (C=O) groups excluding carboxylic acids is 1. The van der Waals surface area contributed by atoms with Crippen molar-refractivity contribution >= 4 is 35.2 Å². The molecule has 0 saturated carbocycles. The van der Waals surface area contributed by atoms with Crippen molar-refractivity contribution in [3.8, 4) is 0 Å². The molecule has 0 aliphatic heterocycles. The zero-order valence-corrected chi connectivity index (χ0v) is 10.8. The van der Waals surface area contributed by atoms with Crippen LogP contribution in [0.25, 0.3) is 0 Å². The first-order valence-electron chi connectivity index (χ1n) is 4.97. The summed E-state index contributed by atoms with van der Waals surface area (Å²) < 4.78 is 0. The van der Waals surface area contributed by atoms with E-state index in [0.717, 1.165) is 10.6 Å². The predicted octanol–water partition coefficient (Wildman–Crippen LogP) is 2.27. The van der Waals surface area contributed by atoms with Crippen molar-refractivity contribution in [2.24, 2.45) is 0 Å². The van der Waals surface area contributed by atoms with E-state index in [4.69, 9.17) is 16.7 Å². The molecule has 92 valence electrons. The largest absolute Gasteiger partial charge is 0.480 e. The molecule has 0 aromatic heterocycles. The molecule has 1 aromatic carbocycles. The van der Waals surface area contributed by atoms with Gasteiger partial charge >= 0.3 is 5.97 Å². The molecular weight excluding hydrogens is 262 g/mol. The van der Waals surface area contributed by atoms with E-state index in [1.54, 1.807) is 18.2 Å². The minimum atomic E-state index is -1.07. The van der Waals surface area contributed by atoms with Crippen LogP contribution in [0.3, 0.4) is 0 Å². The summed E-state index contributed by atoms with van der Waals surface area (Å²) in [5.41, 5.74) is 0.447. The molecule has 4 nitrogen and oxygen atoms in total. The summed E-state index contributed by atoms with van der Waals surface area (Å²) in [6.07, 6.45) is 0. The Morgan fingerprint density at radius 1 is 1.47 bits per heavy atom. The Hall–Kier alpha value is -1.20. The first-order chi connectivity index (χ1) is 8.04. The molecule has 0 saturated heterocycles. The smallest absolute Gasteiger partial charge is 0.322 e. The van der Waals surface area contributed by atoms with E-state index in [1.807, 2.05) is 6.92 Å². The van der Waals surface area contributed by atoms with E-state index in [0.29, 0.717) is 10.6 Å². The molecule has 1 amide bonds. The Bertz CT molecular complexity index is 437. The van der Waals surface area contributed by atoms with Crippen LogP contribution in [0.4, 0.5) is 0 Å². The summed E-state index contributed by atoms with van der Waals surface area (Å²) in [7, 11) is 0. The van der Waals surface area contributed by atoms with Crippen LogP contribution in [0.15, 0.2) is 23.1 Å². The normalized spacial score (nSPS) is 10.0. The van der Waals surface area contributed by atoms with E-state index < -0.39 is 18.4 Å². The second-order valence-corrected chi connectivity index (χ2v) is 4.89. The summed E-state index contributed by atoms with van der Waals surface area (Å²) in [5, 5.41) is 11.4. The third-order valence-electron chi connectivity index (χ3n) is 1.89. The summed E-state index contributed by atoms with van der Waals surface area (Å²) in [6.45, 7) is 1.57. The van der Waals surface area contributed by atoms with Crippen molar-refractivity contribution in [3.05, 3.63) is 28.8 Å². The van der Waals surface area contributed by atoms with Crippen LogP contribution in [-0.2, 0) is 4.79 Å². The van der Waals surface area contributed by atoms with Crippen LogP contribution in [0.5, 0.6) is 0 Å². The molecule has 2 N–H and O–H groups in total. The van der Waals surface area contributed by atoms with Gasteiger partial charge in [-0.1, -0.05) is 18.5 Å². The fourth-order valence-corrected chi connectivity index (χ4v) is 2.28. The number of rotatable bonds is 5. The number of amides is 1. The van der Waals surface area contributed by atoms with Crippen molar-refractivity contribution in [2.45, 2.75) is 11.8 Å². The molecule has 6 heteroatoms. The molecule has 1 aromatic rings. The molecule has 0 aliphatic carbocycles. The molecule has 0 fully saturated rings. The molecule has 0 atom stereocenters. The van der Waals surface area contributed by atoms with Crippen LogP contribution >= 0.6 is 23.4 Å². The molecule has 0 heterocycles. The zero-order chi connectivity index (χ0) is 12.8. The minimum absolute atomic E-state index is 0.391. The number of halogens is 1. The number of hydrogen-bond acceptors (Lipinski definition) is 3. The Kier molecular flexibility index (Phi) is 5.31. The summed E-state index contributed by atoms with van der Waals surface area (Å²) in [4.78, 5) is 22.8. The van der Waals surface area contributed by atoms with Gasteiger partial charge in [-0.25, -0.2) is 0 Å². The molecule has 0 radical (unpaired) electrons. The number of carboxylic acid groups (broad SMARTS) is 1. The van der Waals surface area contributed by atoms with Crippen molar-refractivity contribution in [2.75, 3.05) is 12.3 Å². The van der Waals surface area contributed by atoms with Crippen LogP contribution < -0.4 is 5.32 Å². The van der Waals surface area contributed by atoms with Crippen molar-refractivity contribution in [3.63, 3.8) is 0 Å². The lowest BCUT2D eigenvalue weighted by Gasteiger charge is -2.08. The SMILES string of the molecule is CCSc1cc(Cl)ccc1C(=O)NCC(=O)O. The quantitative estimate of drug-likeness (QED) is 0.808. The van der Waals surface area contributed by atoms with Gasteiger partial charge in [0.2, 0.25) is 0 Å². The Morgan fingerprint density at radius 2 is 2.18 bits per heavy atom. The van der Waals surface area contributed by atoms with Gasteiger partial charge in [-0.2, -0.15) is 0 Å². The second kappa shape index (κ2) is 6.51. The van der Waals surface area contributed by atoms with E-state index in [9.17, 15) is 9.59 Å². The molecule has 0 unspecified atom stereocenters. The van der Waals surface area contributed by atoms with Gasteiger partial charge in [0, 0.05) is 9.92 Å². The molecular formula is C11H12ClNO3S. The van der Waals surface area contributed by atoms with Gasteiger partial charge in [-0.15, -0.1) is 11.8 Å². The number of nitrogens with one attached hydrogen (secondary N) is 1. The molecule has 0 spiro atoms. The van der Waals surface area contributed by atoms with Crippen molar-refractivity contribution in [1.29, 1.82) is 0 Å². The number of hydrogen-bond donors (Lipinski definition) is 2.